The minimum absolute atomic E-state index is 0.205. The van der Waals surface area contributed by atoms with E-state index in [2.05, 4.69) is 10.8 Å². The number of hydrogen-bond donors (Lipinski definition) is 0. The fraction of sp³-hybridized carbons (Fsp3) is 0.444. The number of ether oxygens (including phenoxy) is 1. The monoisotopic (exact) mass is 432 g/mol. The van der Waals surface area contributed by atoms with E-state index >= 15 is 0 Å². The average molecular weight is 433 g/mol. The number of hydrogen-bond acceptors (Lipinski definition) is 3. The number of fused-ring (bicyclic) bond motifs is 4. The number of carbonyl (C=O) groups is 1. The second-order valence-corrected chi connectivity index (χ2v) is 9.25. The lowest BCUT2D eigenvalue weighted by Crippen LogP contribution is -2.49. The van der Waals surface area contributed by atoms with Crippen LogP contribution in [-0.4, -0.2) is 48.5 Å². The summed E-state index contributed by atoms with van der Waals surface area (Å²) in [4.78, 5) is 18.1. The number of benzene rings is 2. The van der Waals surface area contributed by atoms with E-state index in [0.29, 0.717) is 24.8 Å². The first-order valence-electron chi connectivity index (χ1n) is 11.6. The molecule has 0 aromatic heterocycles. The number of nitrogens with zero attached hydrogens (tertiary/aromatic N) is 2. The molecular formula is C27H29FN2O2. The topological polar surface area (TPSA) is 32.8 Å². The molecule has 3 saturated heterocycles. The van der Waals surface area contributed by atoms with Crippen molar-refractivity contribution in [1.82, 2.24) is 9.80 Å². The lowest BCUT2D eigenvalue weighted by Gasteiger charge is -2.46. The Hall–Kier alpha value is -2.84. The fourth-order valence-electron chi connectivity index (χ4n) is 5.75. The van der Waals surface area contributed by atoms with Crippen LogP contribution < -0.4 is 4.74 Å². The molecule has 4 aliphatic rings. The number of terminal acetylenes is 1. The minimum atomic E-state index is -0.270. The van der Waals surface area contributed by atoms with Gasteiger partial charge in [0.15, 0.2) is 0 Å². The molecule has 4 aliphatic heterocycles. The zero-order valence-corrected chi connectivity index (χ0v) is 18.3. The van der Waals surface area contributed by atoms with Crippen LogP contribution >= 0.6 is 0 Å². The highest BCUT2D eigenvalue weighted by molar-refractivity contribution is 5.78. The summed E-state index contributed by atoms with van der Waals surface area (Å²) in [5.74, 6) is 4.28. The first kappa shape index (κ1) is 21.0. The van der Waals surface area contributed by atoms with Gasteiger partial charge >= 0.3 is 0 Å². The van der Waals surface area contributed by atoms with Gasteiger partial charge in [0.2, 0.25) is 5.91 Å². The zero-order valence-electron chi connectivity index (χ0n) is 18.3. The van der Waals surface area contributed by atoms with Gasteiger partial charge in [0, 0.05) is 19.5 Å². The Balaban J connectivity index is 1.43. The van der Waals surface area contributed by atoms with Gasteiger partial charge in [0.1, 0.15) is 18.2 Å². The smallest absolute Gasteiger partial charge is 0.223 e. The normalized spacial score (nSPS) is 26.3. The van der Waals surface area contributed by atoms with E-state index in [1.807, 2.05) is 23.1 Å². The van der Waals surface area contributed by atoms with Gasteiger partial charge in [0.25, 0.3) is 0 Å². The van der Waals surface area contributed by atoms with Crippen molar-refractivity contribution in [1.29, 1.82) is 0 Å². The molecule has 0 N–H and O–H groups in total. The van der Waals surface area contributed by atoms with Crippen LogP contribution in [0.25, 0.3) is 0 Å². The van der Waals surface area contributed by atoms with E-state index in [-0.39, 0.29) is 24.4 Å². The summed E-state index contributed by atoms with van der Waals surface area (Å²) in [7, 11) is 0. The maximum atomic E-state index is 13.7. The number of amides is 1. The van der Waals surface area contributed by atoms with Crippen LogP contribution in [0.5, 0.6) is 5.75 Å². The number of piperidine rings is 3. The highest BCUT2D eigenvalue weighted by atomic mass is 19.1. The fourth-order valence-corrected chi connectivity index (χ4v) is 5.75. The molecule has 0 saturated carbocycles. The van der Waals surface area contributed by atoms with E-state index in [1.165, 1.54) is 38.1 Å². The van der Waals surface area contributed by atoms with Crippen molar-refractivity contribution in [2.24, 2.45) is 11.8 Å². The third-order valence-corrected chi connectivity index (χ3v) is 7.40. The molecule has 166 valence electrons. The lowest BCUT2D eigenvalue weighted by molar-refractivity contribution is -0.136. The Bertz CT molecular complexity index is 1020. The van der Waals surface area contributed by atoms with Crippen LogP contribution in [0.15, 0.2) is 42.5 Å². The molecule has 4 heterocycles. The third kappa shape index (κ3) is 4.12. The van der Waals surface area contributed by atoms with E-state index in [1.54, 1.807) is 12.1 Å². The molecule has 2 bridgehead atoms. The summed E-state index contributed by atoms with van der Waals surface area (Å²) in [6.45, 7) is 4.26. The van der Waals surface area contributed by atoms with Gasteiger partial charge in [-0.1, -0.05) is 24.1 Å². The van der Waals surface area contributed by atoms with Crippen LogP contribution in [0.2, 0.25) is 0 Å². The summed E-state index contributed by atoms with van der Waals surface area (Å²) in [5.41, 5.74) is 3.17. The summed E-state index contributed by atoms with van der Waals surface area (Å²) in [6, 6.07) is 12.3. The molecular weight excluding hydrogens is 403 g/mol. The molecule has 2 aromatic carbocycles. The van der Waals surface area contributed by atoms with Gasteiger partial charge in [0.05, 0.1) is 6.04 Å². The van der Waals surface area contributed by atoms with Crippen LogP contribution in [-0.2, 0) is 11.2 Å². The summed E-state index contributed by atoms with van der Waals surface area (Å²) in [6.07, 6.45) is 9.11. The van der Waals surface area contributed by atoms with E-state index in [9.17, 15) is 9.18 Å². The van der Waals surface area contributed by atoms with Gasteiger partial charge < -0.3 is 14.5 Å². The van der Waals surface area contributed by atoms with Gasteiger partial charge in [-0.2, -0.15) is 0 Å². The van der Waals surface area contributed by atoms with Crippen molar-refractivity contribution in [3.05, 3.63) is 65.0 Å². The van der Waals surface area contributed by atoms with Crippen LogP contribution in [0.1, 0.15) is 42.0 Å². The molecule has 5 heteroatoms. The molecule has 2 atom stereocenters. The average Bonchev–Trinajstić information content (AvgIpc) is 2.83. The molecule has 0 radical (unpaired) electrons. The first-order valence-corrected chi connectivity index (χ1v) is 11.6. The van der Waals surface area contributed by atoms with E-state index < -0.39 is 0 Å². The van der Waals surface area contributed by atoms with Crippen molar-refractivity contribution in [2.45, 2.75) is 31.7 Å². The predicted molar refractivity (Wildman–Crippen MR) is 122 cm³/mol. The largest absolute Gasteiger partial charge is 0.481 e. The summed E-state index contributed by atoms with van der Waals surface area (Å²) >= 11 is 0. The van der Waals surface area contributed by atoms with Crippen molar-refractivity contribution in [2.75, 3.05) is 32.8 Å². The first-order chi connectivity index (χ1) is 15.6. The molecule has 1 amide bonds. The van der Waals surface area contributed by atoms with Crippen LogP contribution in [0, 0.1) is 30.0 Å². The standard InChI is InChI=1S/C27H29FN2O2/c1-2-15-32-24-7-8-25-21(16-24)11-14-30(27(25)20-3-5-23(28)6-4-20)26(31)17-22-18-29-12-9-19(22)10-13-29/h1,3-8,16,19,22,27H,9-15,17-18H2/t22-,27+/m1/s1. The lowest BCUT2D eigenvalue weighted by atomic mass is 9.77. The Labute approximate surface area is 189 Å². The van der Waals surface area contributed by atoms with E-state index in [4.69, 9.17) is 11.2 Å². The molecule has 3 fully saturated rings. The zero-order chi connectivity index (χ0) is 22.1. The third-order valence-electron chi connectivity index (χ3n) is 7.40. The SMILES string of the molecule is C#CCOc1ccc2c(c1)CCN(C(=O)C[C@@H]1CN3CCC1CC3)[C@H]2c1ccc(F)cc1. The maximum Gasteiger partial charge on any atom is 0.223 e. The molecule has 0 aliphatic carbocycles. The second kappa shape index (κ2) is 8.96. The molecule has 2 aromatic rings. The van der Waals surface area contributed by atoms with Crippen molar-refractivity contribution >= 4 is 5.91 Å². The minimum Gasteiger partial charge on any atom is -0.481 e. The molecule has 0 spiro atoms. The Morgan fingerprint density at radius 1 is 1.12 bits per heavy atom. The summed E-state index contributed by atoms with van der Waals surface area (Å²) < 4.78 is 19.3. The second-order valence-electron chi connectivity index (χ2n) is 9.25. The molecule has 4 nitrogen and oxygen atoms in total. The van der Waals surface area contributed by atoms with Crippen LogP contribution in [0.4, 0.5) is 4.39 Å². The molecule has 0 unspecified atom stereocenters. The number of halogens is 1. The van der Waals surface area contributed by atoms with E-state index in [0.717, 1.165) is 35.4 Å². The predicted octanol–water partition coefficient (Wildman–Crippen LogP) is 4.04. The number of carbonyl (C=O) groups excluding carboxylic acids is 1. The summed E-state index contributed by atoms with van der Waals surface area (Å²) in [5, 5.41) is 0. The molecule has 6 rings (SSSR count). The highest BCUT2D eigenvalue weighted by Gasteiger charge is 2.38. The Morgan fingerprint density at radius 3 is 2.59 bits per heavy atom. The van der Waals surface area contributed by atoms with Crippen molar-refractivity contribution < 1.29 is 13.9 Å². The van der Waals surface area contributed by atoms with Crippen LogP contribution in [0.3, 0.4) is 0 Å². The Kier molecular flexibility index (Phi) is 5.89. The van der Waals surface area contributed by atoms with Gasteiger partial charge in [-0.15, -0.1) is 6.42 Å². The Morgan fingerprint density at radius 2 is 1.91 bits per heavy atom. The van der Waals surface area contributed by atoms with Gasteiger partial charge in [-0.05, 0) is 85.1 Å². The van der Waals surface area contributed by atoms with Crippen molar-refractivity contribution in [3.8, 4) is 18.1 Å². The quantitative estimate of drug-likeness (QED) is 0.669. The van der Waals surface area contributed by atoms with Crippen molar-refractivity contribution in [3.63, 3.8) is 0 Å². The number of rotatable bonds is 5. The molecule has 32 heavy (non-hydrogen) atoms. The maximum absolute atomic E-state index is 13.7. The van der Waals surface area contributed by atoms with Gasteiger partial charge in [-0.3, -0.25) is 4.79 Å². The van der Waals surface area contributed by atoms with Gasteiger partial charge in [-0.25, -0.2) is 4.39 Å². The highest BCUT2D eigenvalue weighted by Crippen LogP contribution is 2.39.